The van der Waals surface area contributed by atoms with E-state index in [4.69, 9.17) is 0 Å². The molecule has 2 aromatic carbocycles. The van der Waals surface area contributed by atoms with Gasteiger partial charge in [-0.1, -0.05) is 41.9 Å². The maximum Gasteiger partial charge on any atom is 0.295 e. The fraction of sp³-hybridized carbons (Fsp3) is 0.100. The molecule has 0 bridgehead atoms. The van der Waals surface area contributed by atoms with Crippen molar-refractivity contribution in [2.75, 3.05) is 0 Å². The molecule has 1 aromatic heterocycles. The standard InChI is InChI=1S/C20H20BN3O6S2/c1-3-4-18-13(2)22-24(23-18)17-10-8-15(20(12-17)32(28,29)30)6-5-14-7-9-16(21)11-19(14)31(25,26)27/h3,5-12H,1,4,21H2,2H3,(H,25,26,27)(H,28,29,30)/b6-5+. The highest BCUT2D eigenvalue weighted by molar-refractivity contribution is 7.86. The van der Waals surface area contributed by atoms with Gasteiger partial charge < -0.3 is 0 Å². The first-order valence-corrected chi connectivity index (χ1v) is 12.2. The van der Waals surface area contributed by atoms with Gasteiger partial charge in [-0.2, -0.15) is 31.8 Å². The Labute approximate surface area is 187 Å². The first-order valence-electron chi connectivity index (χ1n) is 9.32. The maximum atomic E-state index is 12.0. The maximum absolute atomic E-state index is 12.0. The van der Waals surface area contributed by atoms with Crippen molar-refractivity contribution in [3.63, 3.8) is 0 Å². The lowest BCUT2D eigenvalue weighted by Gasteiger charge is -2.08. The smallest absolute Gasteiger partial charge is 0.282 e. The lowest BCUT2D eigenvalue weighted by atomic mass is 9.95. The third-order valence-corrected chi connectivity index (χ3v) is 6.43. The van der Waals surface area contributed by atoms with E-state index >= 15 is 0 Å². The van der Waals surface area contributed by atoms with Crippen molar-refractivity contribution >= 4 is 45.7 Å². The molecule has 9 nitrogen and oxygen atoms in total. The van der Waals surface area contributed by atoms with Crippen molar-refractivity contribution in [2.24, 2.45) is 0 Å². The molecule has 0 aliphatic heterocycles. The molecule has 0 atom stereocenters. The highest BCUT2D eigenvalue weighted by Crippen LogP contribution is 2.24. The Hall–Kier alpha value is -3.06. The first-order chi connectivity index (χ1) is 14.9. The van der Waals surface area contributed by atoms with Gasteiger partial charge in [0.05, 0.1) is 17.1 Å². The van der Waals surface area contributed by atoms with E-state index in [1.54, 1.807) is 33.0 Å². The molecule has 3 aromatic rings. The minimum atomic E-state index is -4.63. The fourth-order valence-corrected chi connectivity index (χ4v) is 4.51. The zero-order valence-corrected chi connectivity index (χ0v) is 18.9. The van der Waals surface area contributed by atoms with Gasteiger partial charge in [0.15, 0.2) is 0 Å². The summed E-state index contributed by atoms with van der Waals surface area (Å²) in [6.45, 7) is 5.42. The molecule has 0 aliphatic carbocycles. The molecule has 0 saturated heterocycles. The molecule has 12 heteroatoms. The van der Waals surface area contributed by atoms with Crippen molar-refractivity contribution in [2.45, 2.75) is 23.1 Å². The van der Waals surface area contributed by atoms with E-state index in [2.05, 4.69) is 16.8 Å². The summed E-state index contributed by atoms with van der Waals surface area (Å²) in [6, 6.07) is 8.63. The fourth-order valence-electron chi connectivity index (χ4n) is 3.04. The van der Waals surface area contributed by atoms with Gasteiger partial charge in [0.1, 0.15) is 17.6 Å². The van der Waals surface area contributed by atoms with Crippen LogP contribution in [-0.4, -0.2) is 48.8 Å². The molecule has 1 heterocycles. The van der Waals surface area contributed by atoms with Gasteiger partial charge in [-0.05, 0) is 36.2 Å². The van der Waals surface area contributed by atoms with E-state index in [0.717, 1.165) is 0 Å². The van der Waals surface area contributed by atoms with Crippen molar-refractivity contribution < 1.29 is 25.9 Å². The normalized spacial score (nSPS) is 12.3. The van der Waals surface area contributed by atoms with Crippen LogP contribution in [0.3, 0.4) is 0 Å². The van der Waals surface area contributed by atoms with Gasteiger partial charge in [0.25, 0.3) is 20.2 Å². The van der Waals surface area contributed by atoms with Crippen molar-refractivity contribution in [1.29, 1.82) is 0 Å². The van der Waals surface area contributed by atoms with Gasteiger partial charge in [-0.15, -0.1) is 6.58 Å². The third-order valence-electron chi connectivity index (χ3n) is 4.61. The summed E-state index contributed by atoms with van der Waals surface area (Å²) >= 11 is 0. The van der Waals surface area contributed by atoms with Crippen LogP contribution in [0.25, 0.3) is 17.8 Å². The van der Waals surface area contributed by atoms with Crippen molar-refractivity contribution in [3.8, 4) is 5.69 Å². The van der Waals surface area contributed by atoms with E-state index in [-0.39, 0.29) is 16.0 Å². The van der Waals surface area contributed by atoms with E-state index in [1.807, 2.05) is 0 Å². The Morgan fingerprint density at radius 1 is 0.969 bits per heavy atom. The predicted molar refractivity (Wildman–Crippen MR) is 123 cm³/mol. The quantitative estimate of drug-likeness (QED) is 0.226. The Bertz CT molecular complexity index is 1440. The average Bonchev–Trinajstić information content (AvgIpc) is 3.06. The molecule has 0 fully saturated rings. The zero-order valence-electron chi connectivity index (χ0n) is 17.3. The van der Waals surface area contributed by atoms with Crippen LogP contribution >= 0.6 is 0 Å². The van der Waals surface area contributed by atoms with Crippen LogP contribution in [0.1, 0.15) is 22.5 Å². The van der Waals surface area contributed by atoms with Gasteiger partial charge in [-0.3, -0.25) is 9.11 Å². The van der Waals surface area contributed by atoms with Crippen LogP contribution in [0.4, 0.5) is 0 Å². The molecule has 3 rings (SSSR count). The summed E-state index contributed by atoms with van der Waals surface area (Å²) in [5, 5.41) is 8.57. The highest BCUT2D eigenvalue weighted by Gasteiger charge is 2.18. The van der Waals surface area contributed by atoms with Crippen LogP contribution < -0.4 is 5.46 Å². The number of benzene rings is 2. The molecule has 0 amide bonds. The minimum absolute atomic E-state index is 0.105. The highest BCUT2D eigenvalue weighted by atomic mass is 32.2. The second kappa shape index (κ2) is 8.83. The molecule has 0 unspecified atom stereocenters. The Kier molecular flexibility index (Phi) is 6.51. The molecular formula is C20H20BN3O6S2. The van der Waals surface area contributed by atoms with Crippen LogP contribution in [0.2, 0.25) is 0 Å². The van der Waals surface area contributed by atoms with Crippen molar-refractivity contribution in [1.82, 2.24) is 15.0 Å². The molecule has 32 heavy (non-hydrogen) atoms. The van der Waals surface area contributed by atoms with Gasteiger partial charge in [0, 0.05) is 6.42 Å². The Morgan fingerprint density at radius 3 is 2.09 bits per heavy atom. The van der Waals surface area contributed by atoms with Gasteiger partial charge >= 0.3 is 0 Å². The number of rotatable bonds is 7. The average molecular weight is 473 g/mol. The summed E-state index contributed by atoms with van der Waals surface area (Å²) in [5.74, 6) is 0. The number of hydrogen-bond acceptors (Lipinski definition) is 6. The number of nitrogens with zero attached hydrogens (tertiary/aromatic N) is 3. The second-order valence-electron chi connectivity index (χ2n) is 7.06. The molecule has 166 valence electrons. The van der Waals surface area contributed by atoms with Crippen molar-refractivity contribution in [3.05, 3.63) is 71.6 Å². The van der Waals surface area contributed by atoms with E-state index in [9.17, 15) is 25.9 Å². The van der Waals surface area contributed by atoms with Crippen LogP contribution in [0.5, 0.6) is 0 Å². The SMILES string of the molecule is Bc1ccc(/C=C/c2ccc(-n3nc(C)c(CC=C)n3)cc2S(=O)(=O)O)c(S(=O)(=O)O)c1. The number of aromatic nitrogens is 3. The molecule has 0 aliphatic rings. The van der Waals surface area contributed by atoms with Gasteiger partial charge in [-0.25, -0.2) is 0 Å². The van der Waals surface area contributed by atoms with E-state index in [0.29, 0.717) is 29.0 Å². The largest absolute Gasteiger partial charge is 0.295 e. The lowest BCUT2D eigenvalue weighted by Crippen LogP contribution is -2.09. The Morgan fingerprint density at radius 2 is 1.53 bits per heavy atom. The first kappa shape index (κ1) is 23.6. The molecule has 2 N–H and O–H groups in total. The summed E-state index contributed by atoms with van der Waals surface area (Å²) < 4.78 is 66.6. The third kappa shape index (κ3) is 5.22. The summed E-state index contributed by atoms with van der Waals surface area (Å²) in [7, 11) is -7.46. The summed E-state index contributed by atoms with van der Waals surface area (Å²) in [4.78, 5) is 0.531. The Balaban J connectivity index is 2.09. The number of hydrogen-bond donors (Lipinski definition) is 2. The van der Waals surface area contributed by atoms with Crippen LogP contribution in [0, 0.1) is 6.92 Å². The lowest BCUT2D eigenvalue weighted by molar-refractivity contribution is 0.480. The molecule has 0 spiro atoms. The number of allylic oxidation sites excluding steroid dienone is 1. The van der Waals surface area contributed by atoms with E-state index in [1.165, 1.54) is 41.2 Å². The topological polar surface area (TPSA) is 139 Å². The second-order valence-corrected chi connectivity index (χ2v) is 9.84. The monoisotopic (exact) mass is 473 g/mol. The summed E-state index contributed by atoms with van der Waals surface area (Å²) in [5.41, 5.74) is 2.52. The number of aryl methyl sites for hydroxylation is 1. The molecular weight excluding hydrogens is 453 g/mol. The summed E-state index contributed by atoms with van der Waals surface area (Å²) in [6.07, 6.45) is 4.83. The van der Waals surface area contributed by atoms with Gasteiger partial charge in [0.2, 0.25) is 0 Å². The van der Waals surface area contributed by atoms with Crippen LogP contribution in [-0.2, 0) is 26.7 Å². The minimum Gasteiger partial charge on any atom is -0.282 e. The van der Waals surface area contributed by atoms with E-state index < -0.39 is 25.1 Å². The van der Waals surface area contributed by atoms with Crippen LogP contribution in [0.15, 0.2) is 58.8 Å². The molecule has 0 radical (unpaired) electrons. The zero-order chi connectivity index (χ0) is 23.7. The predicted octanol–water partition coefficient (Wildman–Crippen LogP) is 1.23. The molecule has 0 saturated carbocycles.